The molecule has 0 amide bonds. The summed E-state index contributed by atoms with van der Waals surface area (Å²) in [6.45, 7) is 4.76. The molecule has 1 saturated carbocycles. The van der Waals surface area contributed by atoms with Crippen LogP contribution in [0.4, 0.5) is 0 Å². The molecule has 2 rings (SSSR count). The summed E-state index contributed by atoms with van der Waals surface area (Å²) in [6, 6.07) is 1.62. The van der Waals surface area contributed by atoms with Crippen LogP contribution >= 0.6 is 11.8 Å². The Morgan fingerprint density at radius 1 is 1.19 bits per heavy atom. The van der Waals surface area contributed by atoms with Crippen molar-refractivity contribution in [2.45, 2.75) is 76.1 Å². The molecule has 1 aliphatic carbocycles. The van der Waals surface area contributed by atoms with Gasteiger partial charge in [-0.2, -0.15) is 11.8 Å². The molecule has 16 heavy (non-hydrogen) atoms. The van der Waals surface area contributed by atoms with Crippen molar-refractivity contribution in [1.29, 1.82) is 0 Å². The lowest BCUT2D eigenvalue weighted by molar-refractivity contribution is 0.255. The van der Waals surface area contributed by atoms with Gasteiger partial charge in [0.1, 0.15) is 0 Å². The first-order valence-corrected chi connectivity index (χ1v) is 8.22. The third kappa shape index (κ3) is 3.40. The second kappa shape index (κ2) is 6.30. The standard InChI is InChI=1S/C14H27NS/c1-3-12-6-4-7-13(10-12)15-14-8-5-9-16-11(14)2/h11-15H,3-10H2,1-2H3. The van der Waals surface area contributed by atoms with Crippen molar-refractivity contribution >= 4 is 11.8 Å². The molecule has 1 saturated heterocycles. The van der Waals surface area contributed by atoms with Crippen molar-refractivity contribution in [2.24, 2.45) is 5.92 Å². The molecular weight excluding hydrogens is 214 g/mol. The Kier molecular flexibility index (Phi) is 5.02. The van der Waals surface area contributed by atoms with Gasteiger partial charge >= 0.3 is 0 Å². The fourth-order valence-electron chi connectivity index (χ4n) is 3.26. The number of hydrogen-bond acceptors (Lipinski definition) is 2. The van der Waals surface area contributed by atoms with Crippen LogP contribution in [0.25, 0.3) is 0 Å². The van der Waals surface area contributed by atoms with Crippen molar-refractivity contribution in [3.05, 3.63) is 0 Å². The van der Waals surface area contributed by atoms with Gasteiger partial charge in [0.25, 0.3) is 0 Å². The highest BCUT2D eigenvalue weighted by molar-refractivity contribution is 7.99. The van der Waals surface area contributed by atoms with Gasteiger partial charge in [-0.25, -0.2) is 0 Å². The average Bonchev–Trinajstić information content (AvgIpc) is 2.32. The zero-order valence-electron chi connectivity index (χ0n) is 10.9. The third-order valence-corrected chi connectivity index (χ3v) is 5.80. The largest absolute Gasteiger partial charge is 0.310 e. The molecule has 2 aliphatic rings. The van der Waals surface area contributed by atoms with Gasteiger partial charge in [0.05, 0.1) is 0 Å². The first kappa shape index (κ1) is 12.8. The second-order valence-corrected chi connectivity index (χ2v) is 7.11. The Hall–Kier alpha value is 0.310. The SMILES string of the molecule is CCC1CCCC(NC2CCCSC2C)C1. The van der Waals surface area contributed by atoms with E-state index in [0.717, 1.165) is 23.3 Å². The summed E-state index contributed by atoms with van der Waals surface area (Å²) in [4.78, 5) is 0. The molecule has 0 aromatic carbocycles. The molecule has 0 spiro atoms. The van der Waals surface area contributed by atoms with Crippen molar-refractivity contribution in [3.63, 3.8) is 0 Å². The summed E-state index contributed by atoms with van der Waals surface area (Å²) in [6.07, 6.45) is 9.98. The Morgan fingerprint density at radius 3 is 2.81 bits per heavy atom. The second-order valence-electron chi connectivity index (χ2n) is 5.63. The molecule has 0 bridgehead atoms. The molecule has 0 radical (unpaired) electrons. The van der Waals surface area contributed by atoms with E-state index < -0.39 is 0 Å². The molecule has 2 fully saturated rings. The quantitative estimate of drug-likeness (QED) is 0.806. The van der Waals surface area contributed by atoms with E-state index in [1.54, 1.807) is 0 Å². The predicted molar refractivity (Wildman–Crippen MR) is 74.1 cm³/mol. The number of nitrogens with one attached hydrogen (secondary N) is 1. The molecule has 4 atom stereocenters. The van der Waals surface area contributed by atoms with Gasteiger partial charge in [0, 0.05) is 17.3 Å². The highest BCUT2D eigenvalue weighted by Crippen LogP contribution is 2.30. The number of rotatable bonds is 3. The van der Waals surface area contributed by atoms with E-state index in [0.29, 0.717) is 0 Å². The van der Waals surface area contributed by atoms with Crippen LogP contribution in [-0.4, -0.2) is 23.1 Å². The average molecular weight is 241 g/mol. The smallest absolute Gasteiger partial charge is 0.0186 e. The maximum Gasteiger partial charge on any atom is 0.0186 e. The summed E-state index contributed by atoms with van der Waals surface area (Å²) in [5.41, 5.74) is 0. The lowest BCUT2D eigenvalue weighted by atomic mass is 9.83. The Balaban J connectivity index is 1.79. The van der Waals surface area contributed by atoms with Gasteiger partial charge < -0.3 is 5.32 Å². The van der Waals surface area contributed by atoms with Gasteiger partial charge in [-0.15, -0.1) is 0 Å². The molecule has 1 aliphatic heterocycles. The van der Waals surface area contributed by atoms with Crippen LogP contribution in [-0.2, 0) is 0 Å². The van der Waals surface area contributed by atoms with E-state index in [-0.39, 0.29) is 0 Å². The van der Waals surface area contributed by atoms with Crippen LogP contribution < -0.4 is 5.32 Å². The molecule has 1 heterocycles. The van der Waals surface area contributed by atoms with E-state index in [9.17, 15) is 0 Å². The fourth-order valence-corrected chi connectivity index (χ4v) is 4.41. The normalized spacial score (nSPS) is 40.9. The molecule has 1 N–H and O–H groups in total. The van der Waals surface area contributed by atoms with Crippen molar-refractivity contribution in [3.8, 4) is 0 Å². The molecule has 4 unspecified atom stereocenters. The van der Waals surface area contributed by atoms with Crippen LogP contribution in [0.15, 0.2) is 0 Å². The van der Waals surface area contributed by atoms with Crippen molar-refractivity contribution < 1.29 is 0 Å². The molecule has 94 valence electrons. The molecule has 0 aromatic rings. The van der Waals surface area contributed by atoms with Gasteiger partial charge in [0.2, 0.25) is 0 Å². The minimum Gasteiger partial charge on any atom is -0.310 e. The lowest BCUT2D eigenvalue weighted by Crippen LogP contribution is -2.46. The monoisotopic (exact) mass is 241 g/mol. The van der Waals surface area contributed by atoms with E-state index in [1.165, 1.54) is 50.7 Å². The lowest BCUT2D eigenvalue weighted by Gasteiger charge is -2.36. The predicted octanol–water partition coefficient (Wildman–Crippen LogP) is 3.83. The minimum atomic E-state index is 0.791. The highest BCUT2D eigenvalue weighted by Gasteiger charge is 2.27. The highest BCUT2D eigenvalue weighted by atomic mass is 32.2. The molecule has 2 heteroatoms. The first-order valence-electron chi connectivity index (χ1n) is 7.17. The van der Waals surface area contributed by atoms with Gasteiger partial charge in [-0.05, 0) is 37.4 Å². The minimum absolute atomic E-state index is 0.791. The molecule has 1 nitrogen and oxygen atoms in total. The Bertz CT molecular complexity index is 207. The number of thioether (sulfide) groups is 1. The van der Waals surface area contributed by atoms with Crippen molar-refractivity contribution in [2.75, 3.05) is 5.75 Å². The number of hydrogen-bond donors (Lipinski definition) is 1. The topological polar surface area (TPSA) is 12.0 Å². The first-order chi connectivity index (χ1) is 7.79. The summed E-state index contributed by atoms with van der Waals surface area (Å²) in [7, 11) is 0. The third-order valence-electron chi connectivity index (χ3n) is 4.42. The van der Waals surface area contributed by atoms with E-state index in [1.807, 2.05) is 0 Å². The summed E-state index contributed by atoms with van der Waals surface area (Å²) in [5, 5.41) is 4.78. The van der Waals surface area contributed by atoms with E-state index in [2.05, 4.69) is 30.9 Å². The van der Waals surface area contributed by atoms with E-state index in [4.69, 9.17) is 0 Å². The van der Waals surface area contributed by atoms with Gasteiger partial charge in [-0.3, -0.25) is 0 Å². The summed E-state index contributed by atoms with van der Waals surface area (Å²) < 4.78 is 0. The Labute approximate surface area is 105 Å². The van der Waals surface area contributed by atoms with Gasteiger partial charge in [-0.1, -0.05) is 33.1 Å². The zero-order valence-corrected chi connectivity index (χ0v) is 11.7. The maximum absolute atomic E-state index is 3.95. The summed E-state index contributed by atoms with van der Waals surface area (Å²) >= 11 is 2.16. The molecule has 0 aromatic heterocycles. The zero-order chi connectivity index (χ0) is 11.4. The van der Waals surface area contributed by atoms with Crippen LogP contribution in [0.3, 0.4) is 0 Å². The molecular formula is C14H27NS. The fraction of sp³-hybridized carbons (Fsp3) is 1.00. The maximum atomic E-state index is 3.95. The van der Waals surface area contributed by atoms with Crippen LogP contribution in [0.5, 0.6) is 0 Å². The summed E-state index contributed by atoms with van der Waals surface area (Å²) in [5.74, 6) is 2.37. The van der Waals surface area contributed by atoms with Crippen LogP contribution in [0, 0.1) is 5.92 Å². The van der Waals surface area contributed by atoms with Crippen molar-refractivity contribution in [1.82, 2.24) is 5.32 Å². The van der Waals surface area contributed by atoms with Crippen LogP contribution in [0.2, 0.25) is 0 Å². The van der Waals surface area contributed by atoms with Gasteiger partial charge in [0.15, 0.2) is 0 Å². The van der Waals surface area contributed by atoms with E-state index >= 15 is 0 Å². The Morgan fingerprint density at radius 2 is 2.06 bits per heavy atom. The van der Waals surface area contributed by atoms with Crippen LogP contribution in [0.1, 0.15) is 58.8 Å².